The number of nitrogens with zero attached hydrogens (tertiary/aromatic N) is 1. The van der Waals surface area contributed by atoms with E-state index in [0.717, 1.165) is 21.3 Å². The van der Waals surface area contributed by atoms with Gasteiger partial charge in [0.05, 0.1) is 6.21 Å². The number of halogens is 1. The summed E-state index contributed by atoms with van der Waals surface area (Å²) in [6.45, 7) is 0.540. The second-order valence-electron chi connectivity index (χ2n) is 4.43. The van der Waals surface area contributed by atoms with Crippen molar-refractivity contribution in [3.05, 3.63) is 64.1 Å². The molecule has 0 aliphatic heterocycles. The first-order chi connectivity index (χ1) is 10.7. The highest BCUT2D eigenvalue weighted by Crippen LogP contribution is 2.15. The lowest BCUT2D eigenvalue weighted by Crippen LogP contribution is -2.28. The zero-order valence-corrected chi connectivity index (χ0v) is 14.4. The third kappa shape index (κ3) is 5.46. The Kier molecular flexibility index (Phi) is 6.36. The molecule has 114 valence electrons. The van der Waals surface area contributed by atoms with Gasteiger partial charge in [0, 0.05) is 11.5 Å². The molecule has 2 aromatic carbocycles. The molecule has 0 aliphatic carbocycles. The highest BCUT2D eigenvalue weighted by Gasteiger charge is 1.97. The lowest BCUT2D eigenvalue weighted by Gasteiger charge is -2.06. The van der Waals surface area contributed by atoms with E-state index in [1.165, 1.54) is 0 Å². The lowest BCUT2D eigenvalue weighted by atomic mass is 10.2. The quantitative estimate of drug-likeness (QED) is 0.475. The van der Waals surface area contributed by atoms with Gasteiger partial charge in [-0.3, -0.25) is 5.43 Å². The molecule has 0 fully saturated rings. The second-order valence-corrected chi connectivity index (χ2v) is 5.76. The summed E-state index contributed by atoms with van der Waals surface area (Å²) in [4.78, 5) is 0. The second kappa shape index (κ2) is 8.51. The number of rotatable bonds is 5. The van der Waals surface area contributed by atoms with Crippen molar-refractivity contribution in [2.45, 2.75) is 6.61 Å². The first-order valence-corrected chi connectivity index (χ1v) is 7.85. The fourth-order valence-electron chi connectivity index (χ4n) is 1.62. The van der Waals surface area contributed by atoms with E-state index < -0.39 is 0 Å². The lowest BCUT2D eigenvalue weighted by molar-refractivity contribution is 0.306. The van der Waals surface area contributed by atoms with E-state index in [1.54, 1.807) is 13.3 Å². The van der Waals surface area contributed by atoms with Crippen molar-refractivity contribution in [1.29, 1.82) is 0 Å². The van der Waals surface area contributed by atoms with Crippen LogP contribution in [0.3, 0.4) is 0 Å². The van der Waals surface area contributed by atoms with Gasteiger partial charge in [-0.1, -0.05) is 28.1 Å². The van der Waals surface area contributed by atoms with E-state index in [9.17, 15) is 0 Å². The Hall–Kier alpha value is -1.92. The zero-order chi connectivity index (χ0) is 15.8. The standard InChI is InChI=1S/C16H16BrN3OS/c1-18-16(22)20-19-10-12-4-8-15(9-5-12)21-11-13-2-6-14(17)7-3-13/h2-10H,11H2,1H3,(H2,18,20,22)/b19-10-. The monoisotopic (exact) mass is 377 g/mol. The molecule has 0 unspecified atom stereocenters. The SMILES string of the molecule is CNC(=S)N/N=C\c1ccc(OCc2ccc(Br)cc2)cc1. The predicted molar refractivity (Wildman–Crippen MR) is 97.3 cm³/mol. The van der Waals surface area contributed by atoms with Gasteiger partial charge in [0.15, 0.2) is 5.11 Å². The molecule has 0 spiro atoms. The van der Waals surface area contributed by atoms with Gasteiger partial charge in [0.25, 0.3) is 0 Å². The molecule has 2 N–H and O–H groups in total. The van der Waals surface area contributed by atoms with Crippen LogP contribution in [0.4, 0.5) is 0 Å². The Morgan fingerprint density at radius 3 is 2.50 bits per heavy atom. The van der Waals surface area contributed by atoms with E-state index in [4.69, 9.17) is 17.0 Å². The zero-order valence-electron chi connectivity index (χ0n) is 12.0. The molecular formula is C16H16BrN3OS. The third-order valence-corrected chi connectivity index (χ3v) is 3.63. The van der Waals surface area contributed by atoms with Crippen molar-refractivity contribution in [1.82, 2.24) is 10.7 Å². The van der Waals surface area contributed by atoms with Crippen LogP contribution in [0.1, 0.15) is 11.1 Å². The number of thiocarbonyl (C=S) groups is 1. The number of hydrazone groups is 1. The molecule has 0 heterocycles. The number of ether oxygens (including phenoxy) is 1. The first-order valence-electron chi connectivity index (χ1n) is 6.65. The van der Waals surface area contributed by atoms with E-state index >= 15 is 0 Å². The van der Waals surface area contributed by atoms with Crippen LogP contribution in [0.5, 0.6) is 5.75 Å². The smallest absolute Gasteiger partial charge is 0.186 e. The van der Waals surface area contributed by atoms with Crippen LogP contribution >= 0.6 is 28.1 Å². The van der Waals surface area contributed by atoms with Gasteiger partial charge < -0.3 is 10.1 Å². The summed E-state index contributed by atoms with van der Waals surface area (Å²) in [5, 5.41) is 7.28. The summed E-state index contributed by atoms with van der Waals surface area (Å²) in [6, 6.07) is 15.8. The summed E-state index contributed by atoms with van der Waals surface area (Å²) in [5.74, 6) is 0.818. The third-order valence-electron chi connectivity index (χ3n) is 2.81. The van der Waals surface area contributed by atoms with Gasteiger partial charge in [-0.15, -0.1) is 0 Å². The van der Waals surface area contributed by atoms with E-state index in [1.807, 2.05) is 48.5 Å². The molecule has 4 nitrogen and oxygen atoms in total. The topological polar surface area (TPSA) is 45.7 Å². The number of nitrogens with one attached hydrogen (secondary N) is 2. The van der Waals surface area contributed by atoms with E-state index in [2.05, 4.69) is 31.8 Å². The molecular weight excluding hydrogens is 362 g/mol. The summed E-state index contributed by atoms with van der Waals surface area (Å²) in [6.07, 6.45) is 1.70. The van der Waals surface area contributed by atoms with Crippen LogP contribution in [0.15, 0.2) is 58.1 Å². The predicted octanol–water partition coefficient (Wildman–Crippen LogP) is 3.46. The minimum absolute atomic E-state index is 0.478. The molecule has 0 saturated heterocycles. The van der Waals surface area contributed by atoms with Crippen molar-refractivity contribution >= 4 is 39.5 Å². The number of benzene rings is 2. The maximum absolute atomic E-state index is 5.74. The van der Waals surface area contributed by atoms with E-state index in [-0.39, 0.29) is 0 Å². The van der Waals surface area contributed by atoms with Gasteiger partial charge in [0.1, 0.15) is 12.4 Å². The Morgan fingerprint density at radius 2 is 1.86 bits per heavy atom. The van der Waals surface area contributed by atoms with Crippen LogP contribution in [-0.2, 0) is 6.61 Å². The summed E-state index contributed by atoms with van der Waals surface area (Å²) < 4.78 is 6.80. The molecule has 0 bridgehead atoms. The number of hydrogen-bond donors (Lipinski definition) is 2. The molecule has 6 heteroatoms. The van der Waals surface area contributed by atoms with Crippen LogP contribution < -0.4 is 15.5 Å². The van der Waals surface area contributed by atoms with Crippen molar-refractivity contribution in [2.75, 3.05) is 7.05 Å². The minimum atomic E-state index is 0.478. The van der Waals surface area contributed by atoms with Gasteiger partial charge in [-0.05, 0) is 59.7 Å². The fourth-order valence-corrected chi connectivity index (χ4v) is 1.94. The molecule has 2 rings (SSSR count). The van der Waals surface area contributed by atoms with Gasteiger partial charge in [-0.25, -0.2) is 0 Å². The molecule has 0 aromatic heterocycles. The highest BCUT2D eigenvalue weighted by molar-refractivity contribution is 9.10. The Bertz CT molecular complexity index is 641. The summed E-state index contributed by atoms with van der Waals surface area (Å²) in [7, 11) is 1.74. The van der Waals surface area contributed by atoms with Crippen LogP contribution in [0.2, 0.25) is 0 Å². The molecule has 0 amide bonds. The Morgan fingerprint density at radius 1 is 1.18 bits per heavy atom. The molecule has 22 heavy (non-hydrogen) atoms. The van der Waals surface area contributed by atoms with Crippen molar-refractivity contribution in [2.24, 2.45) is 5.10 Å². The van der Waals surface area contributed by atoms with Crippen molar-refractivity contribution in [3.8, 4) is 5.75 Å². The number of hydrogen-bond acceptors (Lipinski definition) is 3. The van der Waals surface area contributed by atoms with Gasteiger partial charge in [-0.2, -0.15) is 5.10 Å². The normalized spacial score (nSPS) is 10.5. The average molecular weight is 378 g/mol. The van der Waals surface area contributed by atoms with Crippen molar-refractivity contribution < 1.29 is 4.74 Å². The molecule has 0 radical (unpaired) electrons. The van der Waals surface area contributed by atoms with Crippen LogP contribution in [-0.4, -0.2) is 18.4 Å². The molecule has 0 aliphatic rings. The van der Waals surface area contributed by atoms with E-state index in [0.29, 0.717) is 11.7 Å². The molecule has 0 atom stereocenters. The largest absolute Gasteiger partial charge is 0.489 e. The average Bonchev–Trinajstić information content (AvgIpc) is 2.55. The maximum atomic E-state index is 5.74. The first kappa shape index (κ1) is 16.5. The molecule has 0 saturated carbocycles. The van der Waals surface area contributed by atoms with Gasteiger partial charge >= 0.3 is 0 Å². The summed E-state index contributed by atoms with van der Waals surface area (Å²) >= 11 is 8.33. The van der Waals surface area contributed by atoms with Crippen molar-refractivity contribution in [3.63, 3.8) is 0 Å². The minimum Gasteiger partial charge on any atom is -0.489 e. The van der Waals surface area contributed by atoms with Crippen LogP contribution in [0, 0.1) is 0 Å². The van der Waals surface area contributed by atoms with Gasteiger partial charge in [0.2, 0.25) is 0 Å². The fraction of sp³-hybridized carbons (Fsp3) is 0.125. The maximum Gasteiger partial charge on any atom is 0.186 e. The Labute approximate surface area is 143 Å². The summed E-state index contributed by atoms with van der Waals surface area (Å²) in [5.41, 5.74) is 4.79. The molecule has 2 aromatic rings. The Balaban J connectivity index is 1.86. The van der Waals surface area contributed by atoms with Crippen LogP contribution in [0.25, 0.3) is 0 Å². The highest BCUT2D eigenvalue weighted by atomic mass is 79.9.